The minimum atomic E-state index is -0.737. The van der Waals surface area contributed by atoms with Gasteiger partial charge >= 0.3 is 5.97 Å². The Balaban J connectivity index is 3.67. The van der Waals surface area contributed by atoms with Crippen LogP contribution in [-0.2, 0) is 4.79 Å². The zero-order chi connectivity index (χ0) is 18.6. The van der Waals surface area contributed by atoms with E-state index < -0.39 is 5.97 Å². The third kappa shape index (κ3) is 20.1. The molecule has 0 amide bonds. The van der Waals surface area contributed by atoms with Gasteiger partial charge in [-0.2, -0.15) is 0 Å². The maximum Gasteiger partial charge on any atom is 0.303 e. The van der Waals surface area contributed by atoms with E-state index in [4.69, 9.17) is 5.11 Å². The third-order valence-corrected chi connectivity index (χ3v) is 3.75. The molecule has 0 saturated heterocycles. The molecule has 0 bridgehead atoms. The predicted octanol–water partition coefficient (Wildman–Crippen LogP) is 7.02. The van der Waals surface area contributed by atoms with Gasteiger partial charge in [0.2, 0.25) is 0 Å². The molecule has 0 aliphatic heterocycles. The lowest BCUT2D eigenvalue weighted by Crippen LogP contribution is -1.92. The number of carbonyl (C=O) groups is 1. The quantitative estimate of drug-likeness (QED) is 0.197. The molecular formula is C23H36O2. The Morgan fingerprint density at radius 2 is 1.52 bits per heavy atom. The SMILES string of the molecule is CCCCCC=CCCC=CC=CC=CC(C)CC=CCCC(=O)O. The number of carboxylic acids is 1. The summed E-state index contributed by atoms with van der Waals surface area (Å²) in [5.74, 6) is -0.272. The molecule has 2 nitrogen and oxygen atoms in total. The van der Waals surface area contributed by atoms with Gasteiger partial charge in [0, 0.05) is 6.42 Å². The lowest BCUT2D eigenvalue weighted by atomic mass is 10.1. The first kappa shape index (κ1) is 23.2. The summed E-state index contributed by atoms with van der Waals surface area (Å²) in [4.78, 5) is 10.4. The van der Waals surface area contributed by atoms with Crippen LogP contribution < -0.4 is 0 Å². The first-order valence-corrected chi connectivity index (χ1v) is 9.68. The first-order chi connectivity index (χ1) is 12.2. The van der Waals surface area contributed by atoms with E-state index in [1.807, 2.05) is 6.08 Å². The second kappa shape index (κ2) is 18.5. The molecule has 0 radical (unpaired) electrons. The molecule has 0 spiro atoms. The fourth-order valence-corrected chi connectivity index (χ4v) is 2.21. The molecule has 1 unspecified atom stereocenters. The van der Waals surface area contributed by atoms with Crippen LogP contribution in [0.2, 0.25) is 0 Å². The van der Waals surface area contributed by atoms with Crippen LogP contribution in [-0.4, -0.2) is 11.1 Å². The number of rotatable bonds is 15. The van der Waals surface area contributed by atoms with E-state index in [2.05, 4.69) is 68.5 Å². The van der Waals surface area contributed by atoms with Crippen LogP contribution in [0, 0.1) is 5.92 Å². The minimum absolute atomic E-state index is 0.213. The van der Waals surface area contributed by atoms with Crippen LogP contribution >= 0.6 is 0 Å². The van der Waals surface area contributed by atoms with Crippen LogP contribution in [0.1, 0.15) is 71.6 Å². The molecule has 0 rings (SSSR count). The fraction of sp³-hybridized carbons (Fsp3) is 0.522. The normalized spacial score (nSPS) is 14.0. The van der Waals surface area contributed by atoms with Gasteiger partial charge in [0.25, 0.3) is 0 Å². The standard InChI is InChI=1S/C23H36O2/c1-3-4-5-6-7-8-9-10-11-12-13-14-16-19-22(2)20-17-15-18-21-23(24)25/h7-8,11-17,19,22H,3-6,9-10,18,20-21H2,1-2H3,(H,24,25). The smallest absolute Gasteiger partial charge is 0.303 e. The van der Waals surface area contributed by atoms with Crippen molar-refractivity contribution < 1.29 is 9.90 Å². The summed E-state index contributed by atoms with van der Waals surface area (Å²) in [6.07, 6.45) is 30.4. The number of hydrogen-bond acceptors (Lipinski definition) is 1. The summed E-state index contributed by atoms with van der Waals surface area (Å²) in [6, 6.07) is 0. The third-order valence-electron chi connectivity index (χ3n) is 3.75. The summed E-state index contributed by atoms with van der Waals surface area (Å²) < 4.78 is 0. The number of allylic oxidation sites excluding steroid dienone is 10. The minimum Gasteiger partial charge on any atom is -0.481 e. The van der Waals surface area contributed by atoms with E-state index in [-0.39, 0.29) is 6.42 Å². The lowest BCUT2D eigenvalue weighted by Gasteiger charge is -1.99. The van der Waals surface area contributed by atoms with Gasteiger partial charge in [-0.15, -0.1) is 0 Å². The van der Waals surface area contributed by atoms with E-state index in [1.165, 1.54) is 25.7 Å². The Labute approximate surface area is 154 Å². The zero-order valence-electron chi connectivity index (χ0n) is 16.1. The molecule has 0 saturated carbocycles. The Morgan fingerprint density at radius 3 is 2.28 bits per heavy atom. The summed E-state index contributed by atoms with van der Waals surface area (Å²) in [5, 5.41) is 8.55. The van der Waals surface area contributed by atoms with Crippen LogP contribution in [0.25, 0.3) is 0 Å². The maximum atomic E-state index is 10.4. The molecule has 0 fully saturated rings. The van der Waals surface area contributed by atoms with Crippen LogP contribution in [0.3, 0.4) is 0 Å². The van der Waals surface area contributed by atoms with Crippen molar-refractivity contribution in [3.05, 3.63) is 60.8 Å². The van der Waals surface area contributed by atoms with Crippen molar-refractivity contribution in [2.75, 3.05) is 0 Å². The molecule has 1 N–H and O–H groups in total. The number of carboxylic acid groups (broad SMARTS) is 1. The van der Waals surface area contributed by atoms with Gasteiger partial charge in [-0.1, -0.05) is 87.4 Å². The molecule has 0 heterocycles. The summed E-state index contributed by atoms with van der Waals surface area (Å²) >= 11 is 0. The maximum absolute atomic E-state index is 10.4. The summed E-state index contributed by atoms with van der Waals surface area (Å²) in [6.45, 7) is 4.40. The molecule has 2 heteroatoms. The molecular weight excluding hydrogens is 308 g/mol. The number of aliphatic carboxylic acids is 1. The van der Waals surface area contributed by atoms with Crippen molar-refractivity contribution in [1.29, 1.82) is 0 Å². The predicted molar refractivity (Wildman–Crippen MR) is 110 cm³/mol. The molecule has 0 aromatic heterocycles. The van der Waals surface area contributed by atoms with Crippen LogP contribution in [0.5, 0.6) is 0 Å². The summed E-state index contributed by atoms with van der Waals surface area (Å²) in [7, 11) is 0. The number of hydrogen-bond donors (Lipinski definition) is 1. The van der Waals surface area contributed by atoms with Crippen LogP contribution in [0.15, 0.2) is 60.8 Å². The van der Waals surface area contributed by atoms with Crippen molar-refractivity contribution in [3.8, 4) is 0 Å². The molecule has 0 aliphatic rings. The van der Waals surface area contributed by atoms with Gasteiger partial charge in [0.05, 0.1) is 0 Å². The van der Waals surface area contributed by atoms with Crippen molar-refractivity contribution in [3.63, 3.8) is 0 Å². The average Bonchev–Trinajstić information content (AvgIpc) is 2.58. The molecule has 0 aliphatic carbocycles. The Morgan fingerprint density at radius 1 is 0.840 bits per heavy atom. The second-order valence-electron chi connectivity index (χ2n) is 6.36. The van der Waals surface area contributed by atoms with E-state index in [0.29, 0.717) is 12.3 Å². The zero-order valence-corrected chi connectivity index (χ0v) is 16.1. The van der Waals surface area contributed by atoms with Gasteiger partial charge in [-0.05, 0) is 44.4 Å². The largest absolute Gasteiger partial charge is 0.481 e. The highest BCUT2D eigenvalue weighted by molar-refractivity contribution is 5.66. The topological polar surface area (TPSA) is 37.3 Å². The van der Waals surface area contributed by atoms with E-state index in [0.717, 1.165) is 19.3 Å². The first-order valence-electron chi connectivity index (χ1n) is 9.68. The van der Waals surface area contributed by atoms with Crippen molar-refractivity contribution in [2.24, 2.45) is 5.92 Å². The van der Waals surface area contributed by atoms with E-state index in [9.17, 15) is 4.79 Å². The average molecular weight is 345 g/mol. The van der Waals surface area contributed by atoms with Crippen LogP contribution in [0.4, 0.5) is 0 Å². The molecule has 140 valence electrons. The van der Waals surface area contributed by atoms with E-state index in [1.54, 1.807) is 0 Å². The Kier molecular flexibility index (Phi) is 17.2. The van der Waals surface area contributed by atoms with Gasteiger partial charge < -0.3 is 5.11 Å². The van der Waals surface area contributed by atoms with Crippen molar-refractivity contribution >= 4 is 5.97 Å². The number of unbranched alkanes of at least 4 members (excludes halogenated alkanes) is 4. The fourth-order valence-electron chi connectivity index (χ4n) is 2.21. The summed E-state index contributed by atoms with van der Waals surface area (Å²) in [5.41, 5.74) is 0. The molecule has 1 atom stereocenters. The van der Waals surface area contributed by atoms with Gasteiger partial charge in [-0.3, -0.25) is 4.79 Å². The van der Waals surface area contributed by atoms with Gasteiger partial charge in [-0.25, -0.2) is 0 Å². The van der Waals surface area contributed by atoms with Gasteiger partial charge in [0.1, 0.15) is 0 Å². The van der Waals surface area contributed by atoms with Crippen molar-refractivity contribution in [1.82, 2.24) is 0 Å². The molecule has 0 aromatic rings. The van der Waals surface area contributed by atoms with Crippen molar-refractivity contribution in [2.45, 2.75) is 71.6 Å². The lowest BCUT2D eigenvalue weighted by molar-refractivity contribution is -0.136. The Hall–Kier alpha value is -1.83. The molecule has 25 heavy (non-hydrogen) atoms. The molecule has 0 aromatic carbocycles. The highest BCUT2D eigenvalue weighted by Crippen LogP contribution is 2.06. The monoisotopic (exact) mass is 344 g/mol. The Bertz CT molecular complexity index is 453. The highest BCUT2D eigenvalue weighted by Gasteiger charge is 1.93. The second-order valence-corrected chi connectivity index (χ2v) is 6.36. The van der Waals surface area contributed by atoms with Gasteiger partial charge in [0.15, 0.2) is 0 Å². The van der Waals surface area contributed by atoms with E-state index >= 15 is 0 Å². The highest BCUT2D eigenvalue weighted by atomic mass is 16.4.